The van der Waals surface area contributed by atoms with Crippen molar-refractivity contribution < 1.29 is 19.3 Å². The number of carbonyl (C=O) groups excluding carboxylic acids is 3. The number of benzene rings is 2. The van der Waals surface area contributed by atoms with Gasteiger partial charge in [0, 0.05) is 30.8 Å². The van der Waals surface area contributed by atoms with Crippen LogP contribution in [0.5, 0.6) is 0 Å². The van der Waals surface area contributed by atoms with E-state index in [4.69, 9.17) is 0 Å². The van der Waals surface area contributed by atoms with Crippen molar-refractivity contribution in [3.05, 3.63) is 64.2 Å². The fourth-order valence-corrected chi connectivity index (χ4v) is 5.01. The molecule has 3 aliphatic heterocycles. The van der Waals surface area contributed by atoms with Crippen LogP contribution in [0.1, 0.15) is 18.4 Å². The highest BCUT2D eigenvalue weighted by Crippen LogP contribution is 2.49. The number of nitrogens with zero attached hydrogens (tertiary/aromatic N) is 3. The van der Waals surface area contributed by atoms with Gasteiger partial charge >= 0.3 is 6.03 Å². The molecule has 0 aliphatic carbocycles. The van der Waals surface area contributed by atoms with Crippen molar-refractivity contribution in [3.63, 3.8) is 0 Å². The number of fused-ring (bicyclic) bond motifs is 4. The predicted molar refractivity (Wildman–Crippen MR) is 107 cm³/mol. The lowest BCUT2D eigenvalue weighted by molar-refractivity contribution is -0.384. The molecule has 0 radical (unpaired) electrons. The number of barbiturate groups is 1. The third kappa shape index (κ3) is 2.38. The van der Waals surface area contributed by atoms with Crippen molar-refractivity contribution >= 4 is 34.9 Å². The molecule has 9 nitrogen and oxygen atoms in total. The molecular formula is C21H18N4O5. The van der Waals surface area contributed by atoms with Gasteiger partial charge in [0.05, 0.1) is 16.7 Å². The second-order valence-electron chi connectivity index (χ2n) is 7.81. The van der Waals surface area contributed by atoms with E-state index in [-0.39, 0.29) is 12.1 Å². The van der Waals surface area contributed by atoms with Gasteiger partial charge < -0.3 is 4.90 Å². The number of non-ortho nitro benzene ring substituents is 1. The third-order valence-corrected chi connectivity index (χ3v) is 6.30. The van der Waals surface area contributed by atoms with Crippen LogP contribution < -0.4 is 15.1 Å². The van der Waals surface area contributed by atoms with Crippen LogP contribution in [-0.4, -0.2) is 35.4 Å². The van der Waals surface area contributed by atoms with Gasteiger partial charge in [-0.05, 0) is 36.6 Å². The van der Waals surface area contributed by atoms with Crippen molar-refractivity contribution in [1.29, 1.82) is 0 Å². The highest BCUT2D eigenvalue weighted by molar-refractivity contribution is 6.30. The number of nitrogens with one attached hydrogen (secondary N) is 1. The Balaban J connectivity index is 1.67. The lowest BCUT2D eigenvalue weighted by atomic mass is 9.68. The number of rotatable bonds is 2. The van der Waals surface area contributed by atoms with Gasteiger partial charge in [-0.25, -0.2) is 9.69 Å². The Morgan fingerprint density at radius 3 is 2.60 bits per heavy atom. The van der Waals surface area contributed by atoms with Gasteiger partial charge in [-0.3, -0.25) is 25.0 Å². The summed E-state index contributed by atoms with van der Waals surface area (Å²) in [7, 11) is 0. The first-order valence-corrected chi connectivity index (χ1v) is 9.72. The summed E-state index contributed by atoms with van der Waals surface area (Å²) in [5.74, 6) is -1.23. The summed E-state index contributed by atoms with van der Waals surface area (Å²) in [5, 5.41) is 13.7. The number of amides is 4. The Hall–Kier alpha value is -3.75. The Bertz CT molecular complexity index is 1100. The summed E-state index contributed by atoms with van der Waals surface area (Å²) in [4.78, 5) is 53.4. The van der Waals surface area contributed by atoms with Gasteiger partial charge in [0.2, 0.25) is 5.91 Å². The lowest BCUT2D eigenvalue weighted by Gasteiger charge is -2.49. The Labute approximate surface area is 171 Å². The Kier molecular flexibility index (Phi) is 3.89. The van der Waals surface area contributed by atoms with Crippen LogP contribution in [-0.2, 0) is 16.0 Å². The van der Waals surface area contributed by atoms with Crippen LogP contribution in [0.3, 0.4) is 0 Å². The summed E-state index contributed by atoms with van der Waals surface area (Å²) in [6.45, 7) is 0.636. The molecule has 2 saturated heterocycles. The second-order valence-corrected chi connectivity index (χ2v) is 7.81. The molecule has 9 heteroatoms. The highest BCUT2D eigenvalue weighted by atomic mass is 16.6. The molecule has 2 aromatic carbocycles. The first-order valence-electron chi connectivity index (χ1n) is 9.72. The van der Waals surface area contributed by atoms with Crippen LogP contribution in [0, 0.1) is 15.5 Å². The first kappa shape index (κ1) is 18.3. The minimum atomic E-state index is -1.53. The molecular weight excluding hydrogens is 388 g/mol. The number of para-hydroxylation sites is 1. The van der Waals surface area contributed by atoms with Crippen molar-refractivity contribution in [1.82, 2.24) is 5.32 Å². The number of hydrogen-bond acceptors (Lipinski definition) is 6. The van der Waals surface area contributed by atoms with E-state index < -0.39 is 34.2 Å². The lowest BCUT2D eigenvalue weighted by Crippen LogP contribution is -2.71. The largest absolute Gasteiger partial charge is 0.367 e. The summed E-state index contributed by atoms with van der Waals surface area (Å²) in [5.41, 5.74) is 0.121. The average Bonchev–Trinajstić information content (AvgIpc) is 3.23. The van der Waals surface area contributed by atoms with E-state index in [1.807, 2.05) is 4.90 Å². The van der Waals surface area contributed by atoms with Crippen LogP contribution in [0.15, 0.2) is 48.5 Å². The van der Waals surface area contributed by atoms with Gasteiger partial charge in [-0.15, -0.1) is 0 Å². The molecule has 5 rings (SSSR count). The molecule has 1 N–H and O–H groups in total. The molecule has 152 valence electrons. The molecule has 0 bridgehead atoms. The summed E-state index contributed by atoms with van der Waals surface area (Å²) in [6.07, 6.45) is 1.40. The molecule has 3 aliphatic rings. The maximum atomic E-state index is 13.8. The molecule has 0 saturated carbocycles. The topological polar surface area (TPSA) is 113 Å². The second kappa shape index (κ2) is 6.38. The van der Waals surface area contributed by atoms with E-state index in [1.54, 1.807) is 36.4 Å². The van der Waals surface area contributed by atoms with Crippen molar-refractivity contribution in [2.75, 3.05) is 16.3 Å². The van der Waals surface area contributed by atoms with Crippen molar-refractivity contribution in [2.45, 2.75) is 25.3 Å². The van der Waals surface area contributed by atoms with Gasteiger partial charge in [-0.2, -0.15) is 0 Å². The fourth-order valence-electron chi connectivity index (χ4n) is 5.01. The average molecular weight is 406 g/mol. The number of nitro benzene ring substituents is 1. The minimum absolute atomic E-state index is 0.00641. The monoisotopic (exact) mass is 406 g/mol. The number of hydrogen-bond donors (Lipinski definition) is 1. The van der Waals surface area contributed by atoms with Crippen molar-refractivity contribution in [3.8, 4) is 0 Å². The standard InChI is InChI=1S/C21H18N4O5/c26-18-21(19(27)24(20(28)22-18)14-5-2-1-3-6-14)12-13-11-15(25(29)30)8-9-16(13)23-10-4-7-17(21)23/h1-3,5-6,8-9,11,17H,4,7,10,12H2,(H,22,26,28)/t17-,21-/m0/s1. The van der Waals surface area contributed by atoms with E-state index in [0.29, 0.717) is 24.2 Å². The SMILES string of the molecule is O=C1NC(=O)[C@@]2(Cc3cc([N+](=O)[O-])ccc3N3CCC[C@H]32)C(=O)N1c1ccccc1. The van der Waals surface area contributed by atoms with Gasteiger partial charge in [0.15, 0.2) is 5.41 Å². The highest BCUT2D eigenvalue weighted by Gasteiger charge is 2.63. The van der Waals surface area contributed by atoms with E-state index in [1.165, 1.54) is 12.1 Å². The van der Waals surface area contributed by atoms with Gasteiger partial charge in [0.1, 0.15) is 0 Å². The van der Waals surface area contributed by atoms with Crippen LogP contribution in [0.2, 0.25) is 0 Å². The fraction of sp³-hybridized carbons (Fsp3) is 0.286. The van der Waals surface area contributed by atoms with E-state index >= 15 is 0 Å². The number of imide groups is 2. The van der Waals surface area contributed by atoms with Crippen LogP contribution >= 0.6 is 0 Å². The third-order valence-electron chi connectivity index (χ3n) is 6.30. The zero-order chi connectivity index (χ0) is 21.0. The number of anilines is 2. The molecule has 0 unspecified atom stereocenters. The van der Waals surface area contributed by atoms with Gasteiger partial charge in [0.25, 0.3) is 11.6 Å². The van der Waals surface area contributed by atoms with Crippen LogP contribution in [0.25, 0.3) is 0 Å². The maximum Gasteiger partial charge on any atom is 0.335 e. The summed E-state index contributed by atoms with van der Waals surface area (Å²) in [6, 6.07) is 11.8. The Morgan fingerprint density at radius 1 is 1.10 bits per heavy atom. The number of nitro groups is 1. The summed E-state index contributed by atoms with van der Waals surface area (Å²) < 4.78 is 0. The van der Waals surface area contributed by atoms with Crippen LogP contribution in [0.4, 0.5) is 21.9 Å². The molecule has 1 spiro atoms. The Morgan fingerprint density at radius 2 is 1.87 bits per heavy atom. The predicted octanol–water partition coefficient (Wildman–Crippen LogP) is 2.39. The van der Waals surface area contributed by atoms with Gasteiger partial charge in [-0.1, -0.05) is 18.2 Å². The smallest absolute Gasteiger partial charge is 0.335 e. The minimum Gasteiger partial charge on any atom is -0.367 e. The maximum absolute atomic E-state index is 13.8. The van der Waals surface area contributed by atoms with E-state index in [0.717, 1.165) is 17.0 Å². The first-order chi connectivity index (χ1) is 14.4. The van der Waals surface area contributed by atoms with E-state index in [9.17, 15) is 24.5 Å². The zero-order valence-electron chi connectivity index (χ0n) is 15.9. The quantitative estimate of drug-likeness (QED) is 0.465. The zero-order valence-corrected chi connectivity index (χ0v) is 15.9. The number of urea groups is 1. The molecule has 0 aromatic heterocycles. The molecule has 2 atom stereocenters. The summed E-state index contributed by atoms with van der Waals surface area (Å²) >= 11 is 0. The molecule has 3 heterocycles. The van der Waals surface area contributed by atoms with Crippen molar-refractivity contribution in [2.24, 2.45) is 5.41 Å². The molecule has 30 heavy (non-hydrogen) atoms. The number of carbonyl (C=O) groups is 3. The molecule has 2 fully saturated rings. The normalized spacial score (nSPS) is 25.2. The molecule has 2 aromatic rings. The van der Waals surface area contributed by atoms with E-state index in [2.05, 4.69) is 5.32 Å². The molecule has 4 amide bonds.